The summed E-state index contributed by atoms with van der Waals surface area (Å²) in [6.07, 6.45) is 0. The van der Waals surface area contributed by atoms with Gasteiger partial charge in [-0.05, 0) is 24.6 Å². The fourth-order valence-electron chi connectivity index (χ4n) is 2.44. The van der Waals surface area contributed by atoms with Gasteiger partial charge < -0.3 is 10.4 Å². The highest BCUT2D eigenvalue weighted by Gasteiger charge is 2.26. The van der Waals surface area contributed by atoms with Crippen molar-refractivity contribution in [2.24, 2.45) is 0 Å². The van der Waals surface area contributed by atoms with E-state index < -0.39 is 0 Å². The average molecular weight is 299 g/mol. The van der Waals surface area contributed by atoms with Crippen molar-refractivity contribution < 1.29 is 5.11 Å². The van der Waals surface area contributed by atoms with Crippen molar-refractivity contribution in [2.75, 3.05) is 26.2 Å². The van der Waals surface area contributed by atoms with Crippen LogP contribution in [0.25, 0.3) is 0 Å². The molecule has 0 spiro atoms. The summed E-state index contributed by atoms with van der Waals surface area (Å²) in [5.41, 5.74) is 1.18. The quantitative estimate of drug-likeness (QED) is 0.893. The topological polar surface area (TPSA) is 35.5 Å². The molecule has 4 heteroatoms. The van der Waals surface area contributed by atoms with Crippen LogP contribution in [-0.4, -0.2) is 42.3 Å². The molecular weight excluding hydrogens is 280 g/mol. The Hall–Kier alpha value is -0.420. The number of nitrogens with one attached hydrogen (secondary N) is 1. The SMILES string of the molecule is CC1CNCCN1C(CO)c1cccc(Br)c1. The second kappa shape index (κ2) is 5.96. The van der Waals surface area contributed by atoms with Crippen LogP contribution in [0.15, 0.2) is 28.7 Å². The first-order valence-corrected chi connectivity index (χ1v) is 6.84. The van der Waals surface area contributed by atoms with Gasteiger partial charge >= 0.3 is 0 Å². The van der Waals surface area contributed by atoms with Gasteiger partial charge in [0.05, 0.1) is 12.6 Å². The molecule has 1 aromatic rings. The van der Waals surface area contributed by atoms with Crippen LogP contribution in [0.5, 0.6) is 0 Å². The Bertz CT molecular complexity index is 372. The van der Waals surface area contributed by atoms with Gasteiger partial charge in [0, 0.05) is 30.1 Å². The zero-order chi connectivity index (χ0) is 12.3. The molecule has 2 rings (SSSR count). The number of hydrogen-bond acceptors (Lipinski definition) is 3. The van der Waals surface area contributed by atoms with Gasteiger partial charge in [-0.25, -0.2) is 0 Å². The van der Waals surface area contributed by atoms with E-state index in [1.165, 1.54) is 5.56 Å². The van der Waals surface area contributed by atoms with E-state index in [1.807, 2.05) is 12.1 Å². The summed E-state index contributed by atoms with van der Waals surface area (Å²) in [5, 5.41) is 13.0. The van der Waals surface area contributed by atoms with Gasteiger partial charge in [0.1, 0.15) is 0 Å². The maximum atomic E-state index is 9.66. The zero-order valence-electron chi connectivity index (χ0n) is 10.1. The first-order chi connectivity index (χ1) is 8.22. The molecule has 1 aromatic carbocycles. The van der Waals surface area contributed by atoms with E-state index in [1.54, 1.807) is 0 Å². The number of aliphatic hydroxyl groups is 1. The lowest BCUT2D eigenvalue weighted by Gasteiger charge is -2.39. The van der Waals surface area contributed by atoms with Crippen LogP contribution in [-0.2, 0) is 0 Å². The molecule has 0 aromatic heterocycles. The molecule has 17 heavy (non-hydrogen) atoms. The van der Waals surface area contributed by atoms with Crippen molar-refractivity contribution in [1.82, 2.24) is 10.2 Å². The Balaban J connectivity index is 2.20. The molecular formula is C13H19BrN2O. The third-order valence-electron chi connectivity index (χ3n) is 3.36. The smallest absolute Gasteiger partial charge is 0.0628 e. The highest BCUT2D eigenvalue weighted by Crippen LogP contribution is 2.25. The van der Waals surface area contributed by atoms with Gasteiger partial charge in [-0.3, -0.25) is 4.90 Å². The van der Waals surface area contributed by atoms with E-state index >= 15 is 0 Å². The summed E-state index contributed by atoms with van der Waals surface area (Å²) in [6.45, 7) is 5.34. The number of benzene rings is 1. The molecule has 2 unspecified atom stereocenters. The molecule has 0 radical (unpaired) electrons. The molecule has 0 bridgehead atoms. The van der Waals surface area contributed by atoms with E-state index in [2.05, 4.69) is 45.2 Å². The third kappa shape index (κ3) is 3.07. The van der Waals surface area contributed by atoms with Crippen molar-refractivity contribution in [2.45, 2.75) is 19.0 Å². The van der Waals surface area contributed by atoms with E-state index in [4.69, 9.17) is 0 Å². The molecule has 3 nitrogen and oxygen atoms in total. The Labute approximate surface area is 111 Å². The van der Waals surface area contributed by atoms with Crippen LogP contribution in [0.4, 0.5) is 0 Å². The van der Waals surface area contributed by atoms with Crippen molar-refractivity contribution in [3.8, 4) is 0 Å². The maximum absolute atomic E-state index is 9.66. The van der Waals surface area contributed by atoms with Crippen molar-refractivity contribution in [1.29, 1.82) is 0 Å². The van der Waals surface area contributed by atoms with E-state index in [0.29, 0.717) is 6.04 Å². The summed E-state index contributed by atoms with van der Waals surface area (Å²) in [4.78, 5) is 2.37. The predicted octanol–water partition coefficient (Wildman–Crippen LogP) is 1.78. The van der Waals surface area contributed by atoms with Gasteiger partial charge in [0.15, 0.2) is 0 Å². The van der Waals surface area contributed by atoms with E-state index in [0.717, 1.165) is 24.1 Å². The highest BCUT2D eigenvalue weighted by molar-refractivity contribution is 9.10. The molecule has 1 fully saturated rings. The molecule has 1 aliphatic rings. The minimum atomic E-state index is 0.101. The van der Waals surface area contributed by atoms with Crippen molar-refractivity contribution >= 4 is 15.9 Å². The van der Waals surface area contributed by atoms with Crippen LogP contribution in [0.3, 0.4) is 0 Å². The van der Waals surface area contributed by atoms with Gasteiger partial charge in [0.25, 0.3) is 0 Å². The number of hydrogen-bond donors (Lipinski definition) is 2. The minimum Gasteiger partial charge on any atom is -0.394 e. The standard InChI is InChI=1S/C13H19BrN2O/c1-10-8-15-5-6-16(10)13(9-17)11-3-2-4-12(14)7-11/h2-4,7,10,13,15,17H,5-6,8-9H2,1H3. The summed E-state index contributed by atoms with van der Waals surface area (Å²) < 4.78 is 1.07. The van der Waals surface area contributed by atoms with Crippen LogP contribution < -0.4 is 5.32 Å². The number of rotatable bonds is 3. The molecule has 2 N–H and O–H groups in total. The largest absolute Gasteiger partial charge is 0.394 e. The first-order valence-electron chi connectivity index (χ1n) is 6.05. The fourth-order valence-corrected chi connectivity index (χ4v) is 2.85. The summed E-state index contributed by atoms with van der Waals surface area (Å²) in [5.74, 6) is 0. The Kier molecular flexibility index (Phi) is 4.56. The average Bonchev–Trinajstić information content (AvgIpc) is 2.33. The van der Waals surface area contributed by atoms with Crippen molar-refractivity contribution in [3.63, 3.8) is 0 Å². The number of aliphatic hydroxyl groups excluding tert-OH is 1. The Morgan fingerprint density at radius 3 is 3.06 bits per heavy atom. The summed E-state index contributed by atoms with van der Waals surface area (Å²) in [7, 11) is 0. The molecule has 0 saturated carbocycles. The second-order valence-electron chi connectivity index (χ2n) is 4.54. The summed E-state index contributed by atoms with van der Waals surface area (Å²) >= 11 is 3.49. The lowest BCUT2D eigenvalue weighted by molar-refractivity contribution is 0.0723. The maximum Gasteiger partial charge on any atom is 0.0628 e. The molecule has 0 aliphatic carbocycles. The zero-order valence-corrected chi connectivity index (χ0v) is 11.7. The first kappa shape index (κ1) is 13.0. The predicted molar refractivity (Wildman–Crippen MR) is 73.0 cm³/mol. The third-order valence-corrected chi connectivity index (χ3v) is 3.85. The molecule has 1 heterocycles. The van der Waals surface area contributed by atoms with Crippen LogP contribution in [0.1, 0.15) is 18.5 Å². The van der Waals surface area contributed by atoms with Crippen molar-refractivity contribution in [3.05, 3.63) is 34.3 Å². The van der Waals surface area contributed by atoms with Gasteiger partial charge in [-0.15, -0.1) is 0 Å². The number of piperazine rings is 1. The lowest BCUT2D eigenvalue weighted by Crippen LogP contribution is -2.51. The minimum absolute atomic E-state index is 0.101. The lowest BCUT2D eigenvalue weighted by atomic mass is 10.0. The Morgan fingerprint density at radius 2 is 2.41 bits per heavy atom. The van der Waals surface area contributed by atoms with Gasteiger partial charge in [-0.2, -0.15) is 0 Å². The Morgan fingerprint density at radius 1 is 1.59 bits per heavy atom. The van der Waals surface area contributed by atoms with Crippen LogP contribution >= 0.6 is 15.9 Å². The van der Waals surface area contributed by atoms with E-state index in [-0.39, 0.29) is 12.6 Å². The molecule has 0 amide bonds. The molecule has 1 saturated heterocycles. The highest BCUT2D eigenvalue weighted by atomic mass is 79.9. The fraction of sp³-hybridized carbons (Fsp3) is 0.538. The molecule has 1 aliphatic heterocycles. The van der Waals surface area contributed by atoms with Crippen LogP contribution in [0, 0.1) is 0 Å². The molecule has 94 valence electrons. The second-order valence-corrected chi connectivity index (χ2v) is 5.46. The van der Waals surface area contributed by atoms with Gasteiger partial charge in [-0.1, -0.05) is 28.1 Å². The monoisotopic (exact) mass is 298 g/mol. The van der Waals surface area contributed by atoms with E-state index in [9.17, 15) is 5.11 Å². The molecule has 2 atom stereocenters. The number of halogens is 1. The normalized spacial score (nSPS) is 23.6. The van der Waals surface area contributed by atoms with Crippen LogP contribution in [0.2, 0.25) is 0 Å². The number of nitrogens with zero attached hydrogens (tertiary/aromatic N) is 1. The van der Waals surface area contributed by atoms with Gasteiger partial charge in [0.2, 0.25) is 0 Å². The summed E-state index contributed by atoms with van der Waals surface area (Å²) in [6, 6.07) is 8.77.